The lowest BCUT2D eigenvalue weighted by Gasteiger charge is -2.34. The molecule has 0 aromatic carbocycles. The van der Waals surface area contributed by atoms with Crippen molar-refractivity contribution in [2.75, 3.05) is 0 Å². The third kappa shape index (κ3) is 5.14. The molecule has 116 valence electrons. The minimum Gasteiger partial charge on any atom is -0.480 e. The van der Waals surface area contributed by atoms with Crippen LogP contribution in [0.25, 0.3) is 0 Å². The number of hydrogen-bond donors (Lipinski definition) is 2. The molecule has 0 aromatic heterocycles. The molecule has 4 nitrogen and oxygen atoms in total. The molecular formula is C16H29NO3. The van der Waals surface area contributed by atoms with Crippen molar-refractivity contribution in [3.05, 3.63) is 0 Å². The van der Waals surface area contributed by atoms with Crippen LogP contribution < -0.4 is 5.32 Å². The fourth-order valence-electron chi connectivity index (χ4n) is 3.30. The monoisotopic (exact) mass is 283 g/mol. The lowest BCUT2D eigenvalue weighted by Crippen LogP contribution is -2.55. The molecule has 0 bridgehead atoms. The highest BCUT2D eigenvalue weighted by Crippen LogP contribution is 2.30. The molecule has 4 heteroatoms. The van der Waals surface area contributed by atoms with Crippen molar-refractivity contribution in [1.29, 1.82) is 0 Å². The fraction of sp³-hybridized carbons (Fsp3) is 0.875. The zero-order chi connectivity index (χ0) is 15.4. The Labute approximate surface area is 122 Å². The molecular weight excluding hydrogens is 254 g/mol. The third-order valence-corrected chi connectivity index (χ3v) is 3.99. The lowest BCUT2D eigenvalue weighted by atomic mass is 9.81. The Morgan fingerprint density at radius 1 is 1.20 bits per heavy atom. The molecule has 0 spiro atoms. The summed E-state index contributed by atoms with van der Waals surface area (Å²) in [7, 11) is 0. The smallest absolute Gasteiger partial charge is 0.329 e. The second-order valence-electron chi connectivity index (χ2n) is 7.57. The molecule has 0 radical (unpaired) electrons. The highest BCUT2D eigenvalue weighted by molar-refractivity contribution is 5.87. The van der Waals surface area contributed by atoms with Gasteiger partial charge in [-0.15, -0.1) is 0 Å². The normalized spacial score (nSPS) is 20.2. The third-order valence-electron chi connectivity index (χ3n) is 3.99. The van der Waals surface area contributed by atoms with Crippen LogP contribution in [0.2, 0.25) is 0 Å². The van der Waals surface area contributed by atoms with Gasteiger partial charge in [0.25, 0.3) is 0 Å². The molecule has 1 fully saturated rings. The summed E-state index contributed by atoms with van der Waals surface area (Å²) in [6.07, 6.45) is 5.30. The molecule has 20 heavy (non-hydrogen) atoms. The van der Waals surface area contributed by atoms with Crippen LogP contribution >= 0.6 is 0 Å². The predicted molar refractivity (Wildman–Crippen MR) is 79.4 cm³/mol. The Bertz CT molecular complexity index is 351. The van der Waals surface area contributed by atoms with Gasteiger partial charge in [0.1, 0.15) is 5.54 Å². The second-order valence-corrected chi connectivity index (χ2v) is 7.57. The maximum Gasteiger partial charge on any atom is 0.329 e. The summed E-state index contributed by atoms with van der Waals surface area (Å²) in [5, 5.41) is 12.3. The number of rotatable bonds is 5. The molecule has 1 rings (SSSR count). The van der Waals surface area contributed by atoms with E-state index in [0.717, 1.165) is 25.7 Å². The first kappa shape index (κ1) is 17.0. The maximum atomic E-state index is 12.1. The van der Waals surface area contributed by atoms with Gasteiger partial charge in [-0.25, -0.2) is 4.79 Å². The van der Waals surface area contributed by atoms with Gasteiger partial charge in [-0.2, -0.15) is 0 Å². The van der Waals surface area contributed by atoms with Gasteiger partial charge in [0.2, 0.25) is 5.91 Å². The SMILES string of the molecule is CC(CC(=O)NC1(C(=O)O)CCCCC1)CC(C)(C)C. The highest BCUT2D eigenvalue weighted by atomic mass is 16.4. The van der Waals surface area contributed by atoms with E-state index in [1.807, 2.05) is 0 Å². The zero-order valence-electron chi connectivity index (χ0n) is 13.3. The van der Waals surface area contributed by atoms with Crippen LogP contribution in [0, 0.1) is 11.3 Å². The summed E-state index contributed by atoms with van der Waals surface area (Å²) in [6.45, 7) is 8.52. The van der Waals surface area contributed by atoms with Crippen LogP contribution in [0.5, 0.6) is 0 Å². The first-order chi connectivity index (χ1) is 9.15. The van der Waals surface area contributed by atoms with Crippen LogP contribution in [0.3, 0.4) is 0 Å². The number of hydrogen-bond acceptors (Lipinski definition) is 2. The first-order valence-electron chi connectivity index (χ1n) is 7.69. The molecule has 1 unspecified atom stereocenters. The van der Waals surface area contributed by atoms with Crippen molar-refractivity contribution < 1.29 is 14.7 Å². The molecule has 1 atom stereocenters. The summed E-state index contributed by atoms with van der Waals surface area (Å²) >= 11 is 0. The van der Waals surface area contributed by atoms with Gasteiger partial charge >= 0.3 is 5.97 Å². The average Bonchev–Trinajstić information content (AvgIpc) is 2.26. The molecule has 2 N–H and O–H groups in total. The predicted octanol–water partition coefficient (Wildman–Crippen LogP) is 3.35. The van der Waals surface area contributed by atoms with Gasteiger partial charge in [-0.05, 0) is 30.6 Å². The highest BCUT2D eigenvalue weighted by Gasteiger charge is 2.40. The maximum absolute atomic E-state index is 12.1. The van der Waals surface area contributed by atoms with Gasteiger partial charge in [-0.1, -0.05) is 47.0 Å². The van der Waals surface area contributed by atoms with Gasteiger partial charge in [-0.3, -0.25) is 4.79 Å². The Balaban J connectivity index is 2.57. The molecule has 0 saturated heterocycles. The van der Waals surface area contributed by atoms with Crippen LogP contribution in [0.15, 0.2) is 0 Å². The standard InChI is InChI=1S/C16H29NO3/c1-12(11-15(2,3)4)10-13(18)17-16(14(19)20)8-6-5-7-9-16/h12H,5-11H2,1-4H3,(H,17,18)(H,19,20). The number of carbonyl (C=O) groups is 2. The van der Waals surface area contributed by atoms with E-state index in [-0.39, 0.29) is 17.2 Å². The summed E-state index contributed by atoms with van der Waals surface area (Å²) in [6, 6.07) is 0. The van der Waals surface area contributed by atoms with Gasteiger partial charge in [0, 0.05) is 6.42 Å². The quantitative estimate of drug-likeness (QED) is 0.813. The van der Waals surface area contributed by atoms with Crippen LogP contribution in [-0.2, 0) is 9.59 Å². The molecule has 1 aliphatic carbocycles. The molecule has 0 heterocycles. The molecule has 1 amide bonds. The number of amides is 1. The van der Waals surface area contributed by atoms with Crippen molar-refractivity contribution in [1.82, 2.24) is 5.32 Å². The number of nitrogens with one attached hydrogen (secondary N) is 1. The Morgan fingerprint density at radius 3 is 2.20 bits per heavy atom. The lowest BCUT2D eigenvalue weighted by molar-refractivity contribution is -0.149. The largest absolute Gasteiger partial charge is 0.480 e. The molecule has 1 saturated carbocycles. The van der Waals surface area contributed by atoms with E-state index in [1.165, 1.54) is 0 Å². The molecule has 1 aliphatic rings. The van der Waals surface area contributed by atoms with E-state index in [9.17, 15) is 14.7 Å². The summed E-state index contributed by atoms with van der Waals surface area (Å²) < 4.78 is 0. The van der Waals surface area contributed by atoms with E-state index < -0.39 is 11.5 Å². The van der Waals surface area contributed by atoms with Crippen molar-refractivity contribution in [2.45, 2.75) is 78.2 Å². The average molecular weight is 283 g/mol. The second kappa shape index (κ2) is 6.59. The fourth-order valence-corrected chi connectivity index (χ4v) is 3.30. The van der Waals surface area contributed by atoms with E-state index in [1.54, 1.807) is 0 Å². The molecule has 0 aromatic rings. The topological polar surface area (TPSA) is 66.4 Å². The Kier molecular flexibility index (Phi) is 5.60. The van der Waals surface area contributed by atoms with E-state index >= 15 is 0 Å². The number of carboxylic acid groups (broad SMARTS) is 1. The van der Waals surface area contributed by atoms with Crippen molar-refractivity contribution in [3.63, 3.8) is 0 Å². The van der Waals surface area contributed by atoms with Crippen LogP contribution in [0.1, 0.15) is 72.6 Å². The van der Waals surface area contributed by atoms with E-state index in [4.69, 9.17) is 0 Å². The Hall–Kier alpha value is -1.06. The van der Waals surface area contributed by atoms with Crippen molar-refractivity contribution in [2.24, 2.45) is 11.3 Å². The zero-order valence-corrected chi connectivity index (χ0v) is 13.3. The number of aliphatic carboxylic acids is 1. The van der Waals surface area contributed by atoms with Gasteiger partial charge < -0.3 is 10.4 Å². The van der Waals surface area contributed by atoms with Crippen LogP contribution in [0.4, 0.5) is 0 Å². The summed E-state index contributed by atoms with van der Waals surface area (Å²) in [5.74, 6) is -0.732. The van der Waals surface area contributed by atoms with Gasteiger partial charge in [0.05, 0.1) is 0 Å². The number of carbonyl (C=O) groups excluding carboxylic acids is 1. The first-order valence-corrected chi connectivity index (χ1v) is 7.69. The summed E-state index contributed by atoms with van der Waals surface area (Å²) in [5.41, 5.74) is -0.828. The number of carboxylic acids is 1. The Morgan fingerprint density at radius 2 is 1.75 bits per heavy atom. The van der Waals surface area contributed by atoms with Crippen molar-refractivity contribution >= 4 is 11.9 Å². The van der Waals surface area contributed by atoms with Crippen LogP contribution in [-0.4, -0.2) is 22.5 Å². The summed E-state index contributed by atoms with van der Waals surface area (Å²) in [4.78, 5) is 23.7. The van der Waals surface area contributed by atoms with Crippen molar-refractivity contribution in [3.8, 4) is 0 Å². The minimum absolute atomic E-state index is 0.119. The van der Waals surface area contributed by atoms with E-state index in [2.05, 4.69) is 33.0 Å². The van der Waals surface area contributed by atoms with E-state index in [0.29, 0.717) is 19.3 Å². The van der Waals surface area contributed by atoms with Gasteiger partial charge in [0.15, 0.2) is 0 Å². The minimum atomic E-state index is -1.02. The molecule has 0 aliphatic heterocycles.